The van der Waals surface area contributed by atoms with Gasteiger partial charge in [-0.05, 0) is 18.6 Å². The predicted molar refractivity (Wildman–Crippen MR) is 79.5 cm³/mol. The summed E-state index contributed by atoms with van der Waals surface area (Å²) in [5.74, 6) is 1.91. The number of nitrogens with zero attached hydrogens (tertiary/aromatic N) is 3. The fraction of sp³-hybridized carbons (Fsp3) is 0.357. The van der Waals surface area contributed by atoms with Crippen molar-refractivity contribution in [2.24, 2.45) is 0 Å². The van der Waals surface area contributed by atoms with E-state index in [4.69, 9.17) is 4.74 Å². The summed E-state index contributed by atoms with van der Waals surface area (Å²) in [6.45, 7) is 2.98. The van der Waals surface area contributed by atoms with Crippen LogP contribution in [0, 0.1) is 0 Å². The van der Waals surface area contributed by atoms with Crippen LogP contribution in [-0.2, 0) is 0 Å². The van der Waals surface area contributed by atoms with E-state index in [0.29, 0.717) is 11.8 Å². The molecule has 20 heavy (non-hydrogen) atoms. The second kappa shape index (κ2) is 7.28. The Labute approximate surface area is 118 Å². The molecule has 1 aromatic heterocycles. The third-order valence-corrected chi connectivity index (χ3v) is 2.74. The average molecular weight is 273 g/mol. The molecule has 106 valence electrons. The highest BCUT2D eigenvalue weighted by Crippen LogP contribution is 2.25. The molecule has 0 saturated carbocycles. The van der Waals surface area contributed by atoms with E-state index in [9.17, 15) is 0 Å². The summed E-state index contributed by atoms with van der Waals surface area (Å²) < 4.78 is 5.29. The molecule has 0 unspecified atom stereocenters. The normalized spacial score (nSPS) is 10.1. The molecule has 0 bridgehead atoms. The van der Waals surface area contributed by atoms with Gasteiger partial charge in [-0.15, -0.1) is 5.10 Å². The van der Waals surface area contributed by atoms with Crippen molar-refractivity contribution in [1.82, 2.24) is 15.2 Å². The molecular formula is C14H19N5O. The molecule has 6 heteroatoms. The highest BCUT2D eigenvalue weighted by atomic mass is 16.5. The van der Waals surface area contributed by atoms with Crippen LogP contribution in [0.1, 0.15) is 19.8 Å². The topological polar surface area (TPSA) is 72.0 Å². The Bertz CT molecular complexity index is 547. The number of benzene rings is 1. The number of ether oxygens (including phenoxy) is 1. The fourth-order valence-electron chi connectivity index (χ4n) is 1.70. The van der Waals surface area contributed by atoms with Crippen LogP contribution in [-0.4, -0.2) is 28.8 Å². The number of anilines is 3. The predicted octanol–water partition coefficient (Wildman–Crippen LogP) is 2.84. The zero-order chi connectivity index (χ0) is 14.2. The summed E-state index contributed by atoms with van der Waals surface area (Å²) in [6, 6.07) is 7.66. The monoisotopic (exact) mass is 273 g/mol. The number of aromatic nitrogens is 3. The molecular weight excluding hydrogens is 254 g/mol. The van der Waals surface area contributed by atoms with E-state index in [2.05, 4.69) is 32.7 Å². The first-order valence-corrected chi connectivity index (χ1v) is 6.67. The number of nitrogens with one attached hydrogen (secondary N) is 2. The maximum atomic E-state index is 5.29. The lowest BCUT2D eigenvalue weighted by molar-refractivity contribution is 0.417. The van der Waals surface area contributed by atoms with Crippen molar-refractivity contribution in [3.63, 3.8) is 0 Å². The largest absolute Gasteiger partial charge is 0.495 e. The van der Waals surface area contributed by atoms with Gasteiger partial charge in [0.25, 0.3) is 0 Å². The molecule has 0 aliphatic carbocycles. The van der Waals surface area contributed by atoms with Crippen molar-refractivity contribution in [3.05, 3.63) is 30.5 Å². The van der Waals surface area contributed by atoms with Crippen molar-refractivity contribution < 1.29 is 4.74 Å². The first kappa shape index (κ1) is 14.0. The molecule has 1 heterocycles. The maximum absolute atomic E-state index is 5.29. The van der Waals surface area contributed by atoms with Crippen molar-refractivity contribution in [2.45, 2.75) is 19.8 Å². The van der Waals surface area contributed by atoms with E-state index in [-0.39, 0.29) is 0 Å². The van der Waals surface area contributed by atoms with Crippen molar-refractivity contribution in [1.29, 1.82) is 0 Å². The lowest BCUT2D eigenvalue weighted by atomic mass is 10.3. The van der Waals surface area contributed by atoms with Gasteiger partial charge in [0.05, 0.1) is 19.0 Å². The molecule has 0 atom stereocenters. The Morgan fingerprint density at radius 2 is 2.10 bits per heavy atom. The number of para-hydroxylation sites is 2. The van der Waals surface area contributed by atoms with E-state index in [1.54, 1.807) is 13.3 Å². The Morgan fingerprint density at radius 1 is 1.25 bits per heavy atom. The summed E-state index contributed by atoms with van der Waals surface area (Å²) in [6.07, 6.45) is 3.78. The number of rotatable bonds is 7. The standard InChI is InChI=1S/C14H19N5O/c1-3-4-9-15-14-18-13(10-16-19-14)17-11-7-5-6-8-12(11)20-2/h5-8,10H,3-4,9H2,1-2H3,(H2,15,17,18,19). The van der Waals surface area contributed by atoms with E-state index < -0.39 is 0 Å². The van der Waals surface area contributed by atoms with Crippen LogP contribution in [0.2, 0.25) is 0 Å². The third kappa shape index (κ3) is 3.81. The lowest BCUT2D eigenvalue weighted by Crippen LogP contribution is -2.07. The first-order valence-electron chi connectivity index (χ1n) is 6.67. The van der Waals surface area contributed by atoms with Crippen LogP contribution in [0.5, 0.6) is 5.75 Å². The number of methoxy groups -OCH3 is 1. The van der Waals surface area contributed by atoms with Crippen LogP contribution >= 0.6 is 0 Å². The zero-order valence-electron chi connectivity index (χ0n) is 11.8. The molecule has 0 fully saturated rings. The Morgan fingerprint density at radius 3 is 2.90 bits per heavy atom. The van der Waals surface area contributed by atoms with Crippen LogP contribution < -0.4 is 15.4 Å². The molecule has 0 saturated heterocycles. The quantitative estimate of drug-likeness (QED) is 0.756. The molecule has 0 radical (unpaired) electrons. The van der Waals surface area contributed by atoms with Crippen molar-refractivity contribution in [2.75, 3.05) is 24.3 Å². The minimum Gasteiger partial charge on any atom is -0.495 e. The van der Waals surface area contributed by atoms with Gasteiger partial charge in [-0.2, -0.15) is 10.1 Å². The van der Waals surface area contributed by atoms with Gasteiger partial charge in [0.15, 0.2) is 5.82 Å². The second-order valence-corrected chi connectivity index (χ2v) is 4.27. The van der Waals surface area contributed by atoms with Gasteiger partial charge >= 0.3 is 0 Å². The zero-order valence-corrected chi connectivity index (χ0v) is 11.8. The van der Waals surface area contributed by atoms with Crippen LogP contribution in [0.25, 0.3) is 0 Å². The lowest BCUT2D eigenvalue weighted by Gasteiger charge is -2.10. The molecule has 0 spiro atoms. The highest BCUT2D eigenvalue weighted by molar-refractivity contribution is 5.63. The average Bonchev–Trinajstić information content (AvgIpc) is 2.48. The van der Waals surface area contributed by atoms with E-state index in [1.165, 1.54) is 0 Å². The van der Waals surface area contributed by atoms with E-state index >= 15 is 0 Å². The van der Waals surface area contributed by atoms with Crippen molar-refractivity contribution >= 4 is 17.5 Å². The van der Waals surface area contributed by atoms with E-state index in [1.807, 2.05) is 24.3 Å². The van der Waals surface area contributed by atoms with Gasteiger partial charge in [-0.3, -0.25) is 0 Å². The van der Waals surface area contributed by atoms with E-state index in [0.717, 1.165) is 30.8 Å². The van der Waals surface area contributed by atoms with Gasteiger partial charge in [-0.1, -0.05) is 25.5 Å². The summed E-state index contributed by atoms with van der Waals surface area (Å²) in [4.78, 5) is 4.36. The second-order valence-electron chi connectivity index (χ2n) is 4.27. The summed E-state index contributed by atoms with van der Waals surface area (Å²) in [7, 11) is 1.64. The number of hydrogen-bond donors (Lipinski definition) is 2. The van der Waals surface area contributed by atoms with Gasteiger partial charge in [0.1, 0.15) is 5.75 Å². The fourth-order valence-corrected chi connectivity index (χ4v) is 1.70. The Hall–Kier alpha value is -2.37. The van der Waals surface area contributed by atoms with Crippen molar-refractivity contribution in [3.8, 4) is 5.75 Å². The Kier molecular flexibility index (Phi) is 5.11. The molecule has 2 aromatic rings. The smallest absolute Gasteiger partial charge is 0.244 e. The molecule has 0 aliphatic heterocycles. The maximum Gasteiger partial charge on any atom is 0.244 e. The number of unbranched alkanes of at least 4 members (excludes halogenated alkanes) is 1. The van der Waals surface area contributed by atoms with Gasteiger partial charge in [0.2, 0.25) is 5.95 Å². The minimum absolute atomic E-state index is 0.526. The first-order chi connectivity index (χ1) is 9.83. The third-order valence-electron chi connectivity index (χ3n) is 2.74. The summed E-state index contributed by atoms with van der Waals surface area (Å²) in [5.41, 5.74) is 0.843. The SMILES string of the molecule is CCCCNc1nncc(Nc2ccccc2OC)n1. The van der Waals surface area contributed by atoms with Crippen LogP contribution in [0.4, 0.5) is 17.5 Å². The molecule has 1 aromatic carbocycles. The summed E-state index contributed by atoms with van der Waals surface area (Å²) >= 11 is 0. The number of hydrogen-bond acceptors (Lipinski definition) is 6. The molecule has 0 amide bonds. The van der Waals surface area contributed by atoms with Crippen LogP contribution in [0.3, 0.4) is 0 Å². The van der Waals surface area contributed by atoms with Gasteiger partial charge in [0, 0.05) is 6.54 Å². The molecule has 6 nitrogen and oxygen atoms in total. The molecule has 0 aliphatic rings. The Balaban J connectivity index is 2.07. The van der Waals surface area contributed by atoms with Gasteiger partial charge < -0.3 is 15.4 Å². The molecule has 2 N–H and O–H groups in total. The van der Waals surface area contributed by atoms with Gasteiger partial charge in [-0.25, -0.2) is 0 Å². The van der Waals surface area contributed by atoms with Crippen LogP contribution in [0.15, 0.2) is 30.5 Å². The minimum atomic E-state index is 0.526. The highest BCUT2D eigenvalue weighted by Gasteiger charge is 2.04. The summed E-state index contributed by atoms with van der Waals surface area (Å²) in [5, 5.41) is 14.2. The molecule has 2 rings (SSSR count).